The summed E-state index contributed by atoms with van der Waals surface area (Å²) in [5.41, 5.74) is 0. The molecule has 0 aromatic heterocycles. The molecule has 3 aliphatic rings. The molecule has 0 bridgehead atoms. The second kappa shape index (κ2) is 4.75. The maximum atomic E-state index is 12.9. The Labute approximate surface area is 129 Å². The van der Waals surface area contributed by atoms with Crippen LogP contribution in [0.15, 0.2) is 35.2 Å². The number of hydrogen-bond acceptors (Lipinski definition) is 6. The van der Waals surface area contributed by atoms with Crippen LogP contribution < -0.4 is 0 Å². The van der Waals surface area contributed by atoms with Crippen LogP contribution in [0.3, 0.4) is 0 Å². The van der Waals surface area contributed by atoms with Gasteiger partial charge in [0.1, 0.15) is 17.5 Å². The predicted octanol–water partition coefficient (Wildman–Crippen LogP) is 0.978. The van der Waals surface area contributed by atoms with E-state index < -0.39 is 20.9 Å². The van der Waals surface area contributed by atoms with Crippen LogP contribution in [0.4, 0.5) is 0 Å². The fourth-order valence-electron chi connectivity index (χ4n) is 3.62. The van der Waals surface area contributed by atoms with Crippen LogP contribution in [0.1, 0.15) is 13.8 Å². The van der Waals surface area contributed by atoms with Crippen LogP contribution in [0.25, 0.3) is 0 Å². The zero-order valence-corrected chi connectivity index (χ0v) is 13.3. The monoisotopic (exact) mass is 325 g/mol. The van der Waals surface area contributed by atoms with Gasteiger partial charge in [-0.1, -0.05) is 18.2 Å². The van der Waals surface area contributed by atoms with E-state index in [0.717, 1.165) is 0 Å². The largest absolute Gasteiger partial charge is 0.343 e. The summed E-state index contributed by atoms with van der Waals surface area (Å²) in [5.74, 6) is -0.676. The molecule has 0 amide bonds. The van der Waals surface area contributed by atoms with Gasteiger partial charge in [0.2, 0.25) is 0 Å². The first kappa shape index (κ1) is 14.6. The van der Waals surface area contributed by atoms with E-state index in [-0.39, 0.29) is 24.9 Å². The van der Waals surface area contributed by atoms with Gasteiger partial charge in [0, 0.05) is 0 Å². The lowest BCUT2D eigenvalue weighted by molar-refractivity contribution is -0.193. The van der Waals surface area contributed by atoms with E-state index in [0.29, 0.717) is 11.4 Å². The lowest BCUT2D eigenvalue weighted by Gasteiger charge is -2.25. The third kappa shape index (κ3) is 2.11. The van der Waals surface area contributed by atoms with Crippen molar-refractivity contribution in [2.24, 2.45) is 0 Å². The second-order valence-corrected chi connectivity index (χ2v) is 8.59. The van der Waals surface area contributed by atoms with Gasteiger partial charge in [-0.05, 0) is 26.0 Å². The highest BCUT2D eigenvalue weighted by molar-refractivity contribution is 7.92. The van der Waals surface area contributed by atoms with Crippen molar-refractivity contribution in [2.45, 2.75) is 48.0 Å². The van der Waals surface area contributed by atoms with Gasteiger partial charge in [-0.2, -0.15) is 5.06 Å². The number of hydrogen-bond donors (Lipinski definition) is 0. The van der Waals surface area contributed by atoms with Crippen LogP contribution in [-0.2, 0) is 24.1 Å². The van der Waals surface area contributed by atoms with E-state index in [9.17, 15) is 8.42 Å². The highest BCUT2D eigenvalue weighted by Gasteiger charge is 2.60. The summed E-state index contributed by atoms with van der Waals surface area (Å²) in [6.45, 7) is 4.41. The standard InChI is InChI=1S/C15H19NO5S/c1-15(2)20-11-8-16-13(14(11)21-15)12(9-19-16)22(17,18)10-6-4-3-5-7-10/h3-7,11-14H,8-9H2,1-2H3/t11-,12-,13+,14-/m1/s1. The molecule has 6 nitrogen and oxygen atoms in total. The molecule has 0 unspecified atom stereocenters. The number of ether oxygens (including phenoxy) is 2. The van der Waals surface area contributed by atoms with E-state index in [1.165, 1.54) is 0 Å². The van der Waals surface area contributed by atoms with Crippen molar-refractivity contribution in [1.29, 1.82) is 0 Å². The molecule has 22 heavy (non-hydrogen) atoms. The summed E-state index contributed by atoms with van der Waals surface area (Å²) in [6, 6.07) is 8.20. The fourth-order valence-corrected chi connectivity index (χ4v) is 5.40. The summed E-state index contributed by atoms with van der Waals surface area (Å²) < 4.78 is 37.6. The molecule has 120 valence electrons. The molecular formula is C15H19NO5S. The first-order valence-corrected chi connectivity index (χ1v) is 8.97. The molecule has 3 heterocycles. The zero-order chi connectivity index (χ0) is 15.5. The van der Waals surface area contributed by atoms with Crippen LogP contribution >= 0.6 is 0 Å². The number of sulfone groups is 1. The molecule has 7 heteroatoms. The van der Waals surface area contributed by atoms with E-state index in [2.05, 4.69) is 0 Å². The number of nitrogens with zero attached hydrogens (tertiary/aromatic N) is 1. The molecule has 3 aliphatic heterocycles. The Kier molecular flexibility index (Phi) is 3.15. The Morgan fingerprint density at radius 3 is 2.64 bits per heavy atom. The minimum Gasteiger partial charge on any atom is -0.343 e. The maximum Gasteiger partial charge on any atom is 0.185 e. The molecule has 0 radical (unpaired) electrons. The van der Waals surface area contributed by atoms with Crippen LogP contribution in [-0.4, -0.2) is 55.9 Å². The number of rotatable bonds is 2. The molecule has 1 aromatic rings. The summed E-state index contributed by atoms with van der Waals surface area (Å²) in [4.78, 5) is 5.92. The predicted molar refractivity (Wildman–Crippen MR) is 77.7 cm³/mol. The fraction of sp³-hybridized carbons (Fsp3) is 0.600. The van der Waals surface area contributed by atoms with Gasteiger partial charge in [-0.25, -0.2) is 8.42 Å². The lowest BCUT2D eigenvalue weighted by Crippen LogP contribution is -2.44. The SMILES string of the molecule is CC1(C)O[C@H]2[C@@H]3[C@H](S(=O)(=O)c4ccccc4)CON3C[C@H]2O1. The molecule has 3 fully saturated rings. The molecule has 3 saturated heterocycles. The minimum atomic E-state index is -3.47. The highest BCUT2D eigenvalue weighted by atomic mass is 32.2. The van der Waals surface area contributed by atoms with Crippen molar-refractivity contribution in [3.8, 4) is 0 Å². The van der Waals surface area contributed by atoms with Crippen molar-refractivity contribution in [2.75, 3.05) is 13.2 Å². The van der Waals surface area contributed by atoms with Gasteiger partial charge < -0.3 is 9.47 Å². The molecule has 0 aliphatic carbocycles. The van der Waals surface area contributed by atoms with Crippen molar-refractivity contribution in [3.05, 3.63) is 30.3 Å². The van der Waals surface area contributed by atoms with E-state index >= 15 is 0 Å². The van der Waals surface area contributed by atoms with Crippen LogP contribution in [0, 0.1) is 0 Å². The van der Waals surface area contributed by atoms with Gasteiger partial charge >= 0.3 is 0 Å². The summed E-state index contributed by atoms with van der Waals surface area (Å²) in [7, 11) is -3.47. The summed E-state index contributed by atoms with van der Waals surface area (Å²) in [6.07, 6.45) is -0.422. The molecule has 4 atom stereocenters. The number of hydroxylamine groups is 2. The Bertz CT molecular complexity index is 674. The number of benzene rings is 1. The second-order valence-electron chi connectivity index (χ2n) is 6.42. The third-order valence-corrected chi connectivity index (χ3v) is 6.65. The van der Waals surface area contributed by atoms with Crippen molar-refractivity contribution in [3.63, 3.8) is 0 Å². The quantitative estimate of drug-likeness (QED) is 0.807. The first-order valence-electron chi connectivity index (χ1n) is 7.43. The Morgan fingerprint density at radius 2 is 1.91 bits per heavy atom. The van der Waals surface area contributed by atoms with Gasteiger partial charge in [0.25, 0.3) is 0 Å². The molecule has 0 saturated carbocycles. The van der Waals surface area contributed by atoms with E-state index in [4.69, 9.17) is 14.3 Å². The maximum absolute atomic E-state index is 12.9. The lowest BCUT2D eigenvalue weighted by atomic mass is 10.1. The first-order chi connectivity index (χ1) is 10.4. The highest BCUT2D eigenvalue weighted by Crippen LogP contribution is 2.42. The summed E-state index contributed by atoms with van der Waals surface area (Å²) >= 11 is 0. The average Bonchev–Trinajstić information content (AvgIpc) is 3.08. The summed E-state index contributed by atoms with van der Waals surface area (Å²) in [5, 5.41) is 1.08. The molecule has 4 rings (SSSR count). The topological polar surface area (TPSA) is 65.1 Å². The van der Waals surface area contributed by atoms with Crippen molar-refractivity contribution >= 4 is 9.84 Å². The van der Waals surface area contributed by atoms with Crippen LogP contribution in [0.2, 0.25) is 0 Å². The van der Waals surface area contributed by atoms with Gasteiger partial charge in [-0.15, -0.1) is 0 Å². The van der Waals surface area contributed by atoms with Gasteiger partial charge in [0.15, 0.2) is 15.6 Å². The van der Waals surface area contributed by atoms with Gasteiger partial charge in [0.05, 0.1) is 24.1 Å². The van der Waals surface area contributed by atoms with Crippen LogP contribution in [0.5, 0.6) is 0 Å². The third-order valence-electron chi connectivity index (χ3n) is 4.51. The van der Waals surface area contributed by atoms with Crippen molar-refractivity contribution < 1.29 is 22.7 Å². The smallest absolute Gasteiger partial charge is 0.185 e. The zero-order valence-electron chi connectivity index (χ0n) is 12.5. The van der Waals surface area contributed by atoms with E-state index in [1.807, 2.05) is 13.8 Å². The van der Waals surface area contributed by atoms with Crippen molar-refractivity contribution in [1.82, 2.24) is 5.06 Å². The minimum absolute atomic E-state index is 0.145. The molecule has 0 N–H and O–H groups in total. The van der Waals surface area contributed by atoms with E-state index in [1.54, 1.807) is 35.4 Å². The Hall–Kier alpha value is -0.990. The Balaban J connectivity index is 1.67. The average molecular weight is 325 g/mol. The van der Waals surface area contributed by atoms with Gasteiger partial charge in [-0.3, -0.25) is 4.84 Å². The number of fused-ring (bicyclic) bond motifs is 3. The Morgan fingerprint density at radius 1 is 1.18 bits per heavy atom. The molecule has 1 aromatic carbocycles. The molecule has 0 spiro atoms. The normalized spacial score (nSPS) is 37.2. The molecular weight excluding hydrogens is 306 g/mol.